The van der Waals surface area contributed by atoms with Crippen LogP contribution in [0.2, 0.25) is 0 Å². The van der Waals surface area contributed by atoms with E-state index in [0.717, 1.165) is 12.2 Å². The summed E-state index contributed by atoms with van der Waals surface area (Å²) >= 11 is 0. The summed E-state index contributed by atoms with van der Waals surface area (Å²) in [6.45, 7) is 8.09. The number of ether oxygens (including phenoxy) is 4. The number of isocyanates is 1. The maximum atomic E-state index is 11.9. The van der Waals surface area contributed by atoms with Crippen molar-refractivity contribution >= 4 is 24.1 Å². The minimum absolute atomic E-state index is 0.175. The van der Waals surface area contributed by atoms with E-state index in [-0.39, 0.29) is 32.8 Å². The average molecular weight is 428 g/mol. The largest absolute Gasteiger partial charge is 0.464 e. The zero-order chi connectivity index (χ0) is 22.8. The Morgan fingerprint density at radius 1 is 1.20 bits per heavy atom. The van der Waals surface area contributed by atoms with Crippen LogP contribution in [-0.2, 0) is 33.3 Å². The predicted molar refractivity (Wildman–Crippen MR) is 104 cm³/mol. The van der Waals surface area contributed by atoms with Crippen molar-refractivity contribution in [3.05, 3.63) is 25.3 Å². The highest BCUT2D eigenvalue weighted by molar-refractivity contribution is 5.81. The molecule has 1 amide bonds. The fraction of sp³-hybridized carbons (Fsp3) is 0.579. The summed E-state index contributed by atoms with van der Waals surface area (Å²) in [7, 11) is 0. The summed E-state index contributed by atoms with van der Waals surface area (Å²) < 4.78 is 19.7. The monoisotopic (exact) mass is 428 g/mol. The summed E-state index contributed by atoms with van der Waals surface area (Å²) in [5.74, 6) is -1.31. The molecule has 0 aromatic carbocycles. The maximum absolute atomic E-state index is 11.9. The molecule has 0 aromatic rings. The van der Waals surface area contributed by atoms with Crippen molar-refractivity contribution in [2.75, 3.05) is 26.4 Å². The molecule has 0 bridgehead atoms. The quantitative estimate of drug-likeness (QED) is 0.0531. The Morgan fingerprint density at radius 2 is 1.93 bits per heavy atom. The van der Waals surface area contributed by atoms with Crippen LogP contribution in [0.4, 0.5) is 4.79 Å². The smallest absolute Gasteiger partial charge is 0.407 e. The molecule has 11 heteroatoms. The molecule has 3 atom stereocenters. The minimum atomic E-state index is -1.27. The van der Waals surface area contributed by atoms with Gasteiger partial charge < -0.3 is 29.4 Å². The molecule has 0 radical (unpaired) electrons. The highest BCUT2D eigenvalue weighted by atomic mass is 16.6. The number of hydrogen-bond donors (Lipinski definition) is 2. The molecule has 3 unspecified atom stereocenters. The number of nitrogens with one attached hydrogen (secondary N) is 1. The highest BCUT2D eigenvalue weighted by Crippen LogP contribution is 2.07. The van der Waals surface area contributed by atoms with Gasteiger partial charge in [-0.2, -0.15) is 4.99 Å². The van der Waals surface area contributed by atoms with E-state index < -0.39 is 36.5 Å². The van der Waals surface area contributed by atoms with E-state index in [0.29, 0.717) is 12.8 Å². The van der Waals surface area contributed by atoms with Crippen molar-refractivity contribution < 1.29 is 43.2 Å². The Morgan fingerprint density at radius 3 is 2.53 bits per heavy atom. The molecule has 0 aromatic heterocycles. The van der Waals surface area contributed by atoms with Crippen molar-refractivity contribution in [1.82, 2.24) is 5.32 Å². The number of carbonyl (C=O) groups excluding carboxylic acids is 4. The molecule has 0 spiro atoms. The lowest BCUT2D eigenvalue weighted by Gasteiger charge is -2.19. The number of nitrogens with zero attached hydrogens (tertiary/aromatic N) is 1. The van der Waals surface area contributed by atoms with Gasteiger partial charge in [0.15, 0.2) is 18.4 Å². The third-order valence-corrected chi connectivity index (χ3v) is 3.45. The molecule has 0 rings (SSSR count). The van der Waals surface area contributed by atoms with E-state index in [1.165, 1.54) is 6.08 Å². The van der Waals surface area contributed by atoms with Gasteiger partial charge in [-0.3, -0.25) is 0 Å². The third-order valence-electron chi connectivity index (χ3n) is 3.45. The zero-order valence-corrected chi connectivity index (χ0v) is 16.9. The number of carbonyl (C=O) groups is 3. The van der Waals surface area contributed by atoms with Crippen LogP contribution < -0.4 is 5.32 Å². The van der Waals surface area contributed by atoms with E-state index in [1.54, 1.807) is 6.92 Å². The Kier molecular flexibility index (Phi) is 15.2. The Balaban J connectivity index is 4.37. The van der Waals surface area contributed by atoms with E-state index >= 15 is 0 Å². The van der Waals surface area contributed by atoms with Crippen LogP contribution in [0.25, 0.3) is 0 Å². The van der Waals surface area contributed by atoms with Crippen LogP contribution >= 0.6 is 0 Å². The van der Waals surface area contributed by atoms with Gasteiger partial charge >= 0.3 is 18.0 Å². The Labute approximate surface area is 174 Å². The van der Waals surface area contributed by atoms with Gasteiger partial charge in [0.05, 0.1) is 13.2 Å². The topological polar surface area (TPSA) is 150 Å². The number of aliphatic hydroxyl groups is 1. The summed E-state index contributed by atoms with van der Waals surface area (Å²) in [5, 5.41) is 11.8. The number of aliphatic hydroxyl groups excluding tert-OH is 1. The number of aliphatic imine (C=N–C) groups is 1. The number of amides is 1. The molecule has 11 nitrogen and oxygen atoms in total. The van der Waals surface area contributed by atoms with Gasteiger partial charge in [-0.05, 0) is 32.3 Å². The van der Waals surface area contributed by atoms with E-state index in [2.05, 4.69) is 23.5 Å². The second-order valence-corrected chi connectivity index (χ2v) is 5.73. The molecule has 0 heterocycles. The first kappa shape index (κ1) is 27.0. The predicted octanol–water partition coefficient (Wildman–Crippen LogP) is 0.769. The van der Waals surface area contributed by atoms with Crippen molar-refractivity contribution in [2.45, 2.75) is 44.6 Å². The maximum Gasteiger partial charge on any atom is 0.407 e. The number of esters is 2. The van der Waals surface area contributed by atoms with Gasteiger partial charge in [0.1, 0.15) is 6.61 Å². The SMILES string of the molecule is C=CC(=O)OCC(COC(O)C=C)OC(=O)NCCCCC(N=C=O)C(=O)OCC. The van der Waals surface area contributed by atoms with Gasteiger partial charge in [0.25, 0.3) is 0 Å². The van der Waals surface area contributed by atoms with E-state index in [4.69, 9.17) is 18.9 Å². The Bertz CT molecular complexity index is 617. The molecule has 0 aliphatic heterocycles. The van der Waals surface area contributed by atoms with Crippen LogP contribution in [0.3, 0.4) is 0 Å². The standard InChI is InChI=1S/C19H28N2O9/c1-4-16(23)28-11-14(12-29-17(24)5-2)30-19(26)20-10-8-7-9-15(21-13-22)18(25)27-6-3/h4-5,14-16,23H,1-2,6-12H2,3H3,(H,20,26). The molecule has 0 aliphatic rings. The third kappa shape index (κ3) is 13.2. The first-order valence-electron chi connectivity index (χ1n) is 9.27. The lowest BCUT2D eigenvalue weighted by atomic mass is 10.1. The number of unbranched alkanes of at least 4 members (excludes halogenated alkanes) is 1. The summed E-state index contributed by atoms with van der Waals surface area (Å²) in [6, 6.07) is -0.924. The number of rotatable bonds is 16. The van der Waals surface area contributed by atoms with Crippen molar-refractivity contribution in [2.24, 2.45) is 4.99 Å². The number of alkyl carbamates (subject to hydrolysis) is 1. The first-order chi connectivity index (χ1) is 14.4. The second-order valence-electron chi connectivity index (χ2n) is 5.73. The van der Waals surface area contributed by atoms with Crippen LogP contribution in [-0.4, -0.2) is 74.0 Å². The van der Waals surface area contributed by atoms with Gasteiger partial charge in [0, 0.05) is 12.6 Å². The van der Waals surface area contributed by atoms with Crippen LogP contribution in [0.5, 0.6) is 0 Å². The van der Waals surface area contributed by atoms with Gasteiger partial charge in [-0.15, -0.1) is 0 Å². The van der Waals surface area contributed by atoms with Gasteiger partial charge in [0.2, 0.25) is 6.08 Å². The van der Waals surface area contributed by atoms with Crippen molar-refractivity contribution in [1.29, 1.82) is 0 Å². The molecule has 168 valence electrons. The van der Waals surface area contributed by atoms with Gasteiger partial charge in [-0.1, -0.05) is 13.2 Å². The molecular weight excluding hydrogens is 400 g/mol. The van der Waals surface area contributed by atoms with E-state index in [1.807, 2.05) is 0 Å². The zero-order valence-electron chi connectivity index (χ0n) is 16.9. The normalized spacial score (nSPS) is 13.0. The van der Waals surface area contributed by atoms with Crippen LogP contribution in [0, 0.1) is 0 Å². The summed E-state index contributed by atoms with van der Waals surface area (Å²) in [6.07, 6.45) is 1.60. The molecule has 30 heavy (non-hydrogen) atoms. The average Bonchev–Trinajstić information content (AvgIpc) is 2.73. The van der Waals surface area contributed by atoms with Crippen molar-refractivity contribution in [3.63, 3.8) is 0 Å². The van der Waals surface area contributed by atoms with Crippen LogP contribution in [0.1, 0.15) is 26.2 Å². The minimum Gasteiger partial charge on any atom is -0.464 e. The molecule has 0 aliphatic carbocycles. The highest BCUT2D eigenvalue weighted by Gasteiger charge is 2.19. The molecule has 2 N–H and O–H groups in total. The lowest BCUT2D eigenvalue weighted by Crippen LogP contribution is -2.36. The Hall–Kier alpha value is -3.01. The molecule has 0 saturated carbocycles. The second kappa shape index (κ2) is 16.9. The fourth-order valence-electron chi connectivity index (χ4n) is 2.01. The lowest BCUT2D eigenvalue weighted by molar-refractivity contribution is -0.145. The number of hydrogen-bond acceptors (Lipinski definition) is 10. The molecular formula is C19H28N2O9. The fourth-order valence-corrected chi connectivity index (χ4v) is 2.01. The van der Waals surface area contributed by atoms with Gasteiger partial charge in [-0.25, -0.2) is 19.2 Å². The summed E-state index contributed by atoms with van der Waals surface area (Å²) in [4.78, 5) is 48.5. The first-order valence-corrected chi connectivity index (χ1v) is 9.27. The molecule has 0 saturated heterocycles. The van der Waals surface area contributed by atoms with Crippen LogP contribution in [0.15, 0.2) is 30.3 Å². The summed E-state index contributed by atoms with van der Waals surface area (Å²) in [5.41, 5.74) is 0. The van der Waals surface area contributed by atoms with Crippen molar-refractivity contribution in [3.8, 4) is 0 Å². The van der Waals surface area contributed by atoms with E-state index in [9.17, 15) is 24.3 Å². The molecule has 0 fully saturated rings.